The maximum Gasteiger partial charge on any atom is 0.420 e. The van der Waals surface area contributed by atoms with Crippen molar-refractivity contribution < 1.29 is 39.5 Å². The van der Waals surface area contributed by atoms with E-state index in [4.69, 9.17) is 0 Å². The maximum absolute atomic E-state index is 11.1. The zero-order chi connectivity index (χ0) is 15.7. The van der Waals surface area contributed by atoms with E-state index in [1.807, 2.05) is 6.58 Å². The Morgan fingerprint density at radius 2 is 0.944 bits per heavy atom. The molecule has 0 bridgehead atoms. The molecule has 0 N–H and O–H groups in total. The molecule has 0 aromatic heterocycles. The summed E-state index contributed by atoms with van der Waals surface area (Å²) in [6, 6.07) is 0. The number of hydrogen-bond donors (Lipinski definition) is 0. The van der Waals surface area contributed by atoms with Gasteiger partial charge in [-0.05, 0) is 11.6 Å². The summed E-state index contributed by atoms with van der Waals surface area (Å²) in [6.45, 7) is 7.85. The summed E-state index contributed by atoms with van der Waals surface area (Å²) in [7, 11) is 0. The lowest BCUT2D eigenvalue weighted by atomic mass is 10.3. The lowest BCUT2D eigenvalue weighted by molar-refractivity contribution is -0.171. The lowest BCUT2D eigenvalue weighted by Crippen LogP contribution is -2.24. The van der Waals surface area contributed by atoms with Crippen molar-refractivity contribution in [1.82, 2.24) is 0 Å². The molecule has 0 aliphatic carbocycles. The molecule has 0 aromatic rings. The van der Waals surface area contributed by atoms with Gasteiger partial charge in [0.05, 0.1) is 0 Å². The van der Waals surface area contributed by atoms with Crippen LogP contribution in [0.2, 0.25) is 0 Å². The maximum atomic E-state index is 11.1. The standard InChI is InChI=1S/C4H2F6.C2ClF3.C2H4/c1-2(3(5,6)7)4(8,9)10;3-1(4)2(5)6;1-2/h1H2;;1-2H2. The smallest absolute Gasteiger partial charge is 0.188 e. The third kappa shape index (κ3) is 12.9. The molecule has 0 aliphatic heterocycles. The molecule has 0 aliphatic rings. The topological polar surface area (TPSA) is 0 Å². The second-order valence-electron chi connectivity index (χ2n) is 1.99. The van der Waals surface area contributed by atoms with Crippen LogP contribution in [0.4, 0.5) is 39.5 Å². The van der Waals surface area contributed by atoms with Gasteiger partial charge < -0.3 is 0 Å². The van der Waals surface area contributed by atoms with E-state index in [0.717, 1.165) is 0 Å². The van der Waals surface area contributed by atoms with E-state index in [-0.39, 0.29) is 0 Å². The fourth-order valence-corrected chi connectivity index (χ4v) is 0.161. The average Bonchev–Trinajstić information content (AvgIpc) is 2.17. The molecule has 10 heteroatoms. The van der Waals surface area contributed by atoms with E-state index in [0.29, 0.717) is 0 Å². The zero-order valence-electron chi connectivity index (χ0n) is 8.40. The summed E-state index contributed by atoms with van der Waals surface area (Å²) in [6.07, 6.45) is -13.2. The van der Waals surface area contributed by atoms with Crippen molar-refractivity contribution in [3.05, 3.63) is 36.7 Å². The second-order valence-corrected chi connectivity index (χ2v) is 2.33. The summed E-state index contributed by atoms with van der Waals surface area (Å²) in [4.78, 5) is 0. The first kappa shape index (κ1) is 22.1. The third-order valence-corrected chi connectivity index (χ3v) is 0.970. The minimum atomic E-state index is -5.38. The highest BCUT2D eigenvalue weighted by Gasteiger charge is 2.49. The Bertz CT molecular complexity index is 252. The van der Waals surface area contributed by atoms with Crippen molar-refractivity contribution in [2.45, 2.75) is 12.4 Å². The molecular formula is C8H6ClF9. The molecule has 0 radical (unpaired) electrons. The molecule has 0 atom stereocenters. The quantitative estimate of drug-likeness (QED) is 0.396. The van der Waals surface area contributed by atoms with Crippen molar-refractivity contribution in [2.24, 2.45) is 0 Å². The van der Waals surface area contributed by atoms with E-state index in [9.17, 15) is 39.5 Å². The van der Waals surface area contributed by atoms with Crippen molar-refractivity contribution in [1.29, 1.82) is 0 Å². The highest BCUT2D eigenvalue weighted by atomic mass is 35.5. The van der Waals surface area contributed by atoms with Gasteiger partial charge >= 0.3 is 18.4 Å². The molecule has 0 heterocycles. The Morgan fingerprint density at radius 1 is 0.778 bits per heavy atom. The Labute approximate surface area is 101 Å². The van der Waals surface area contributed by atoms with Gasteiger partial charge in [0, 0.05) is 0 Å². The number of hydrogen-bond acceptors (Lipinski definition) is 0. The number of alkyl halides is 6. The van der Waals surface area contributed by atoms with Gasteiger partial charge in [0.2, 0.25) is 0 Å². The minimum absolute atomic E-state index is 1.85. The van der Waals surface area contributed by atoms with E-state index in [1.165, 1.54) is 0 Å². The average molecular weight is 309 g/mol. The van der Waals surface area contributed by atoms with Crippen molar-refractivity contribution in [2.75, 3.05) is 0 Å². The van der Waals surface area contributed by atoms with Crippen molar-refractivity contribution >= 4 is 11.6 Å². The SMILES string of the molecule is C=C.C=C(C(F)(F)F)C(F)(F)F.FC(F)=C(F)Cl. The molecule has 0 saturated carbocycles. The van der Waals surface area contributed by atoms with Crippen molar-refractivity contribution in [3.63, 3.8) is 0 Å². The molecule has 0 fully saturated rings. The van der Waals surface area contributed by atoms with Gasteiger partial charge in [-0.2, -0.15) is 39.5 Å². The molecule has 0 rings (SSSR count). The number of halogens is 10. The fourth-order valence-electron chi connectivity index (χ4n) is 0.161. The summed E-state index contributed by atoms with van der Waals surface area (Å²) >= 11 is 4.08. The Hall–Kier alpha value is -1.12. The molecule has 18 heavy (non-hydrogen) atoms. The highest BCUT2D eigenvalue weighted by molar-refractivity contribution is 6.28. The van der Waals surface area contributed by atoms with E-state index < -0.39 is 29.3 Å². The Morgan fingerprint density at radius 3 is 0.944 bits per heavy atom. The van der Waals surface area contributed by atoms with Gasteiger partial charge in [0.1, 0.15) is 5.57 Å². The monoisotopic (exact) mass is 308 g/mol. The minimum Gasteiger partial charge on any atom is -0.188 e. The second kappa shape index (κ2) is 8.90. The largest absolute Gasteiger partial charge is 0.420 e. The molecule has 0 unspecified atom stereocenters. The van der Waals surface area contributed by atoms with E-state index >= 15 is 0 Å². The molecular weight excluding hydrogens is 303 g/mol. The van der Waals surface area contributed by atoms with Crippen LogP contribution in [0.1, 0.15) is 0 Å². The molecule has 0 aromatic carbocycles. The van der Waals surface area contributed by atoms with Crippen LogP contribution in [-0.2, 0) is 0 Å². The Balaban J connectivity index is -0.000000241. The van der Waals surface area contributed by atoms with E-state index in [2.05, 4.69) is 24.8 Å². The number of rotatable bonds is 0. The summed E-state index contributed by atoms with van der Waals surface area (Å²) in [5.74, 6) is 0. The summed E-state index contributed by atoms with van der Waals surface area (Å²) < 4.78 is 98.5. The van der Waals surface area contributed by atoms with Crippen LogP contribution in [0.25, 0.3) is 0 Å². The first-order valence-corrected chi connectivity index (χ1v) is 3.87. The van der Waals surface area contributed by atoms with Crippen LogP contribution in [0.5, 0.6) is 0 Å². The van der Waals surface area contributed by atoms with Crippen molar-refractivity contribution in [3.8, 4) is 0 Å². The van der Waals surface area contributed by atoms with Gasteiger partial charge in [-0.1, -0.05) is 6.58 Å². The van der Waals surface area contributed by atoms with Crippen LogP contribution >= 0.6 is 11.6 Å². The summed E-state index contributed by atoms with van der Waals surface area (Å²) in [5.41, 5.74) is -2.68. The molecule has 0 spiro atoms. The first-order valence-electron chi connectivity index (χ1n) is 3.49. The third-order valence-electron chi connectivity index (χ3n) is 0.827. The predicted molar refractivity (Wildman–Crippen MR) is 48.7 cm³/mol. The molecule has 108 valence electrons. The van der Waals surface area contributed by atoms with Crippen LogP contribution in [0.15, 0.2) is 36.7 Å². The van der Waals surface area contributed by atoms with Gasteiger partial charge in [0.25, 0.3) is 5.29 Å². The van der Waals surface area contributed by atoms with Crippen LogP contribution in [-0.4, -0.2) is 12.4 Å². The fraction of sp³-hybridized carbons (Fsp3) is 0.250. The molecule has 0 amide bonds. The number of allylic oxidation sites excluding steroid dienone is 1. The lowest BCUT2D eigenvalue weighted by Gasteiger charge is -2.12. The van der Waals surface area contributed by atoms with Gasteiger partial charge in [0.15, 0.2) is 0 Å². The molecule has 0 nitrogen and oxygen atoms in total. The van der Waals surface area contributed by atoms with Crippen LogP contribution in [0, 0.1) is 0 Å². The van der Waals surface area contributed by atoms with Crippen LogP contribution < -0.4 is 0 Å². The predicted octanol–water partition coefficient (Wildman–Crippen LogP) is 5.73. The summed E-state index contributed by atoms with van der Waals surface area (Å²) in [5, 5.41) is -1.94. The molecule has 0 saturated heterocycles. The van der Waals surface area contributed by atoms with E-state index in [1.54, 1.807) is 0 Å². The first-order chi connectivity index (χ1) is 7.80. The highest BCUT2D eigenvalue weighted by Crippen LogP contribution is 2.36. The van der Waals surface area contributed by atoms with Gasteiger partial charge in [-0.25, -0.2) is 0 Å². The Kier molecular flexibility index (Phi) is 10.9. The van der Waals surface area contributed by atoms with Gasteiger partial charge in [-0.3, -0.25) is 0 Å². The van der Waals surface area contributed by atoms with Crippen LogP contribution in [0.3, 0.4) is 0 Å². The normalized spacial score (nSPS) is 10.3. The zero-order valence-corrected chi connectivity index (χ0v) is 9.16. The van der Waals surface area contributed by atoms with Gasteiger partial charge in [-0.15, -0.1) is 13.2 Å².